The fourth-order valence-corrected chi connectivity index (χ4v) is 2.66. The molecule has 2 saturated heterocycles. The maximum atomic E-state index is 5.45. The molecule has 1 N–H and O–H groups in total. The number of piperidine rings is 2. The molecule has 0 aromatic carbocycles. The minimum Gasteiger partial charge on any atom is -0.380 e. The third-order valence-corrected chi connectivity index (χ3v) is 3.57. The lowest BCUT2D eigenvalue weighted by molar-refractivity contribution is 0.00905. The predicted octanol–water partition coefficient (Wildman–Crippen LogP) is 0.849. The first-order valence-corrected chi connectivity index (χ1v) is 5.87. The topological polar surface area (TPSA) is 24.5 Å². The highest BCUT2D eigenvalue weighted by Crippen LogP contribution is 2.19. The van der Waals surface area contributed by atoms with E-state index < -0.39 is 0 Å². The van der Waals surface area contributed by atoms with E-state index in [1.165, 1.54) is 45.3 Å². The molecule has 0 unspecified atom stereocenters. The van der Waals surface area contributed by atoms with E-state index in [2.05, 4.69) is 10.2 Å². The van der Waals surface area contributed by atoms with Gasteiger partial charge in [-0.15, -0.1) is 0 Å². The first kappa shape index (κ1) is 10.4. The molecule has 14 heavy (non-hydrogen) atoms. The van der Waals surface area contributed by atoms with Crippen molar-refractivity contribution in [2.24, 2.45) is 0 Å². The molecule has 0 radical (unpaired) electrons. The van der Waals surface area contributed by atoms with Crippen LogP contribution in [0.1, 0.15) is 25.7 Å². The molecule has 2 aliphatic heterocycles. The molecule has 0 bridgehead atoms. The van der Waals surface area contributed by atoms with Crippen LogP contribution in [0.2, 0.25) is 0 Å². The van der Waals surface area contributed by atoms with Crippen molar-refractivity contribution in [2.75, 3.05) is 33.3 Å². The van der Waals surface area contributed by atoms with Crippen molar-refractivity contribution >= 4 is 0 Å². The Morgan fingerprint density at radius 3 is 2.71 bits per heavy atom. The Labute approximate surface area is 86.8 Å². The number of nitrogens with zero attached hydrogens (tertiary/aromatic N) is 1. The second-order valence-corrected chi connectivity index (χ2v) is 4.48. The molecular weight excluding hydrogens is 176 g/mol. The van der Waals surface area contributed by atoms with Crippen LogP contribution in [0.5, 0.6) is 0 Å². The molecule has 0 saturated carbocycles. The SMILES string of the molecule is CO[C@H]1CCCN(C2CCNCC2)C1. The van der Waals surface area contributed by atoms with Gasteiger partial charge in [0.2, 0.25) is 0 Å². The van der Waals surface area contributed by atoms with Gasteiger partial charge in [-0.25, -0.2) is 0 Å². The molecule has 0 aliphatic carbocycles. The summed E-state index contributed by atoms with van der Waals surface area (Å²) in [6.07, 6.45) is 5.67. The monoisotopic (exact) mass is 198 g/mol. The lowest BCUT2D eigenvalue weighted by Crippen LogP contribution is -2.49. The van der Waals surface area contributed by atoms with Crippen LogP contribution in [0, 0.1) is 0 Å². The van der Waals surface area contributed by atoms with Crippen LogP contribution in [0.25, 0.3) is 0 Å². The van der Waals surface area contributed by atoms with Crippen LogP contribution in [-0.4, -0.2) is 50.3 Å². The predicted molar refractivity (Wildman–Crippen MR) is 57.5 cm³/mol. The van der Waals surface area contributed by atoms with E-state index >= 15 is 0 Å². The van der Waals surface area contributed by atoms with Crippen LogP contribution in [-0.2, 0) is 4.74 Å². The summed E-state index contributed by atoms with van der Waals surface area (Å²) in [7, 11) is 1.84. The summed E-state index contributed by atoms with van der Waals surface area (Å²) in [5.74, 6) is 0. The van der Waals surface area contributed by atoms with Crippen LogP contribution >= 0.6 is 0 Å². The summed E-state index contributed by atoms with van der Waals surface area (Å²) in [6.45, 7) is 4.82. The van der Waals surface area contributed by atoms with E-state index in [-0.39, 0.29) is 0 Å². The standard InChI is InChI=1S/C11H22N2O/c1-14-11-3-2-8-13(9-11)10-4-6-12-7-5-10/h10-12H,2-9H2,1H3/t11-/m0/s1. The van der Waals surface area contributed by atoms with E-state index in [1.54, 1.807) is 0 Å². The van der Waals surface area contributed by atoms with E-state index in [0.29, 0.717) is 6.10 Å². The Morgan fingerprint density at radius 1 is 1.21 bits per heavy atom. The van der Waals surface area contributed by atoms with Gasteiger partial charge in [0, 0.05) is 19.7 Å². The highest BCUT2D eigenvalue weighted by Gasteiger charge is 2.26. The summed E-state index contributed by atoms with van der Waals surface area (Å²) in [6, 6.07) is 0.814. The Bertz CT molecular complexity index is 169. The van der Waals surface area contributed by atoms with Gasteiger partial charge in [0.05, 0.1) is 6.10 Å². The Kier molecular flexibility index (Phi) is 3.79. The molecule has 2 heterocycles. The minimum atomic E-state index is 0.485. The average molecular weight is 198 g/mol. The molecule has 2 fully saturated rings. The second-order valence-electron chi connectivity index (χ2n) is 4.48. The number of hydrogen-bond acceptors (Lipinski definition) is 3. The summed E-state index contributed by atoms with van der Waals surface area (Å²) >= 11 is 0. The zero-order chi connectivity index (χ0) is 9.80. The average Bonchev–Trinajstić information content (AvgIpc) is 2.30. The lowest BCUT2D eigenvalue weighted by Gasteiger charge is -2.39. The van der Waals surface area contributed by atoms with E-state index in [1.807, 2.05) is 7.11 Å². The fourth-order valence-electron chi connectivity index (χ4n) is 2.66. The summed E-state index contributed by atoms with van der Waals surface area (Å²) in [5.41, 5.74) is 0. The summed E-state index contributed by atoms with van der Waals surface area (Å²) in [5, 5.41) is 3.42. The molecule has 82 valence electrons. The van der Waals surface area contributed by atoms with Crippen molar-refractivity contribution in [3.63, 3.8) is 0 Å². The molecule has 1 atom stereocenters. The van der Waals surface area contributed by atoms with Crippen LogP contribution < -0.4 is 5.32 Å². The molecule has 0 spiro atoms. The van der Waals surface area contributed by atoms with Gasteiger partial charge in [-0.3, -0.25) is 4.90 Å². The molecule has 2 aliphatic rings. The van der Waals surface area contributed by atoms with Crippen molar-refractivity contribution < 1.29 is 4.74 Å². The number of hydrogen-bond donors (Lipinski definition) is 1. The zero-order valence-corrected chi connectivity index (χ0v) is 9.17. The molecule has 3 nitrogen and oxygen atoms in total. The maximum absolute atomic E-state index is 5.45. The maximum Gasteiger partial charge on any atom is 0.0698 e. The largest absolute Gasteiger partial charge is 0.380 e. The van der Waals surface area contributed by atoms with Gasteiger partial charge < -0.3 is 10.1 Å². The Hall–Kier alpha value is -0.120. The van der Waals surface area contributed by atoms with Gasteiger partial charge in [-0.05, 0) is 45.3 Å². The highest BCUT2D eigenvalue weighted by atomic mass is 16.5. The van der Waals surface area contributed by atoms with Crippen molar-refractivity contribution in [2.45, 2.75) is 37.8 Å². The molecule has 0 aromatic heterocycles. The molecular formula is C11H22N2O. The van der Waals surface area contributed by atoms with Gasteiger partial charge in [-0.1, -0.05) is 0 Å². The highest BCUT2D eigenvalue weighted by molar-refractivity contribution is 4.82. The number of nitrogens with one attached hydrogen (secondary N) is 1. The third-order valence-electron chi connectivity index (χ3n) is 3.57. The number of likely N-dealkylation sites (tertiary alicyclic amines) is 1. The minimum absolute atomic E-state index is 0.485. The van der Waals surface area contributed by atoms with Crippen molar-refractivity contribution in [3.05, 3.63) is 0 Å². The smallest absolute Gasteiger partial charge is 0.0698 e. The summed E-state index contributed by atoms with van der Waals surface area (Å²) < 4.78 is 5.45. The number of ether oxygens (including phenoxy) is 1. The van der Waals surface area contributed by atoms with Crippen LogP contribution in [0.3, 0.4) is 0 Å². The van der Waals surface area contributed by atoms with Gasteiger partial charge in [-0.2, -0.15) is 0 Å². The number of methoxy groups -OCH3 is 1. The summed E-state index contributed by atoms with van der Waals surface area (Å²) in [4.78, 5) is 2.64. The van der Waals surface area contributed by atoms with Crippen molar-refractivity contribution in [3.8, 4) is 0 Å². The van der Waals surface area contributed by atoms with Crippen molar-refractivity contribution in [1.29, 1.82) is 0 Å². The van der Waals surface area contributed by atoms with E-state index in [4.69, 9.17) is 4.74 Å². The van der Waals surface area contributed by atoms with Crippen LogP contribution in [0.4, 0.5) is 0 Å². The van der Waals surface area contributed by atoms with E-state index in [9.17, 15) is 0 Å². The molecule has 3 heteroatoms. The van der Waals surface area contributed by atoms with E-state index in [0.717, 1.165) is 12.6 Å². The Morgan fingerprint density at radius 2 is 2.00 bits per heavy atom. The molecule has 0 aromatic rings. The van der Waals surface area contributed by atoms with Crippen molar-refractivity contribution in [1.82, 2.24) is 10.2 Å². The van der Waals surface area contributed by atoms with Gasteiger partial charge in [0.1, 0.15) is 0 Å². The first-order valence-electron chi connectivity index (χ1n) is 5.87. The van der Waals surface area contributed by atoms with Gasteiger partial charge >= 0.3 is 0 Å². The van der Waals surface area contributed by atoms with Gasteiger partial charge in [0.25, 0.3) is 0 Å². The Balaban J connectivity index is 1.83. The quantitative estimate of drug-likeness (QED) is 0.712. The normalized spacial score (nSPS) is 31.9. The molecule has 2 rings (SSSR count). The zero-order valence-electron chi connectivity index (χ0n) is 9.17. The number of rotatable bonds is 2. The second kappa shape index (κ2) is 5.10. The third kappa shape index (κ3) is 2.47. The first-order chi connectivity index (χ1) is 6.90. The van der Waals surface area contributed by atoms with Crippen LogP contribution in [0.15, 0.2) is 0 Å². The lowest BCUT2D eigenvalue weighted by atomic mass is 10.00. The van der Waals surface area contributed by atoms with Gasteiger partial charge in [0.15, 0.2) is 0 Å². The fraction of sp³-hybridized carbons (Fsp3) is 1.00. The molecule has 0 amide bonds.